The van der Waals surface area contributed by atoms with E-state index in [1.54, 1.807) is 0 Å². The minimum absolute atomic E-state index is 0.358. The van der Waals surface area contributed by atoms with Gasteiger partial charge in [-0.2, -0.15) is 0 Å². The molecular formula is C18H29ClN2. The Morgan fingerprint density at radius 1 is 1.33 bits per heavy atom. The normalized spacial score (nSPS) is 24.1. The van der Waals surface area contributed by atoms with Crippen LogP contribution in [-0.4, -0.2) is 19.6 Å². The number of piperidine rings is 1. The summed E-state index contributed by atoms with van der Waals surface area (Å²) >= 11 is 6.56. The van der Waals surface area contributed by atoms with E-state index in [1.807, 2.05) is 0 Å². The summed E-state index contributed by atoms with van der Waals surface area (Å²) in [5.74, 6) is 1.55. The van der Waals surface area contributed by atoms with Gasteiger partial charge in [0.2, 0.25) is 0 Å². The maximum Gasteiger partial charge on any atom is 0.0642 e. The van der Waals surface area contributed by atoms with E-state index < -0.39 is 0 Å². The van der Waals surface area contributed by atoms with Crippen molar-refractivity contribution in [3.8, 4) is 0 Å². The lowest BCUT2D eigenvalue weighted by molar-refractivity contribution is 0.324. The number of benzene rings is 1. The van der Waals surface area contributed by atoms with Crippen molar-refractivity contribution >= 4 is 17.3 Å². The van der Waals surface area contributed by atoms with E-state index in [1.165, 1.54) is 17.7 Å². The lowest BCUT2D eigenvalue weighted by atomic mass is 9.88. The Balaban J connectivity index is 2.08. The number of hydrogen-bond donors (Lipinski definition) is 1. The largest absolute Gasteiger partial charge is 0.370 e. The molecule has 0 aromatic heterocycles. The fourth-order valence-corrected chi connectivity index (χ4v) is 3.32. The molecule has 3 atom stereocenters. The fraction of sp³-hybridized carbons (Fsp3) is 0.667. The Morgan fingerprint density at radius 3 is 2.71 bits per heavy atom. The molecule has 0 aliphatic carbocycles. The zero-order valence-corrected chi connectivity index (χ0v) is 14.6. The molecule has 2 rings (SSSR count). The van der Waals surface area contributed by atoms with Crippen LogP contribution in [0.3, 0.4) is 0 Å². The molecule has 2 nitrogen and oxygen atoms in total. The second-order valence-electron chi connectivity index (χ2n) is 6.58. The molecule has 1 fully saturated rings. The maximum absolute atomic E-state index is 6.56. The van der Waals surface area contributed by atoms with Gasteiger partial charge in [0, 0.05) is 19.1 Å². The summed E-state index contributed by atoms with van der Waals surface area (Å²) in [6.07, 6.45) is 2.41. The first-order valence-corrected chi connectivity index (χ1v) is 8.68. The second kappa shape index (κ2) is 7.51. The Morgan fingerprint density at radius 2 is 2.10 bits per heavy atom. The number of nitrogens with one attached hydrogen (secondary N) is 1. The van der Waals surface area contributed by atoms with Crippen LogP contribution in [0.2, 0.25) is 5.02 Å². The molecule has 3 heteroatoms. The molecule has 1 aromatic rings. The van der Waals surface area contributed by atoms with E-state index in [4.69, 9.17) is 11.6 Å². The van der Waals surface area contributed by atoms with Gasteiger partial charge in [0.25, 0.3) is 0 Å². The average Bonchev–Trinajstić information content (AvgIpc) is 2.47. The van der Waals surface area contributed by atoms with Gasteiger partial charge < -0.3 is 10.2 Å². The second-order valence-corrected chi connectivity index (χ2v) is 6.98. The summed E-state index contributed by atoms with van der Waals surface area (Å²) in [6, 6.07) is 6.91. The van der Waals surface area contributed by atoms with Crippen molar-refractivity contribution in [1.29, 1.82) is 0 Å². The van der Waals surface area contributed by atoms with Crippen molar-refractivity contribution < 1.29 is 0 Å². The molecule has 1 N–H and O–H groups in total. The molecule has 1 heterocycles. The van der Waals surface area contributed by atoms with Crippen molar-refractivity contribution in [2.75, 3.05) is 24.5 Å². The van der Waals surface area contributed by atoms with Gasteiger partial charge in [-0.25, -0.2) is 0 Å². The first-order valence-electron chi connectivity index (χ1n) is 8.30. The van der Waals surface area contributed by atoms with Crippen LogP contribution in [0.4, 0.5) is 5.69 Å². The van der Waals surface area contributed by atoms with Crippen molar-refractivity contribution in [3.63, 3.8) is 0 Å². The third-order valence-corrected chi connectivity index (χ3v) is 5.15. The number of rotatable bonds is 5. The molecule has 1 aliphatic heterocycles. The summed E-state index contributed by atoms with van der Waals surface area (Å²) in [5, 5.41) is 4.40. The van der Waals surface area contributed by atoms with Gasteiger partial charge in [0.15, 0.2) is 0 Å². The third-order valence-electron chi connectivity index (χ3n) is 4.85. The summed E-state index contributed by atoms with van der Waals surface area (Å²) in [4.78, 5) is 2.45. The van der Waals surface area contributed by atoms with Gasteiger partial charge in [0.1, 0.15) is 0 Å². The van der Waals surface area contributed by atoms with Gasteiger partial charge >= 0.3 is 0 Å². The highest BCUT2D eigenvalue weighted by molar-refractivity contribution is 6.33. The highest BCUT2D eigenvalue weighted by atomic mass is 35.5. The maximum atomic E-state index is 6.56. The van der Waals surface area contributed by atoms with E-state index in [0.29, 0.717) is 6.04 Å². The van der Waals surface area contributed by atoms with Crippen molar-refractivity contribution in [2.24, 2.45) is 11.8 Å². The fourth-order valence-electron chi connectivity index (χ4n) is 3.01. The first kappa shape index (κ1) is 16.6. The lowest BCUT2D eigenvalue weighted by Crippen LogP contribution is -2.38. The zero-order chi connectivity index (χ0) is 15.4. The molecule has 1 aliphatic rings. The summed E-state index contributed by atoms with van der Waals surface area (Å²) in [6.45, 7) is 12.4. The van der Waals surface area contributed by atoms with E-state index >= 15 is 0 Å². The number of hydrogen-bond acceptors (Lipinski definition) is 2. The topological polar surface area (TPSA) is 15.3 Å². The van der Waals surface area contributed by atoms with E-state index in [9.17, 15) is 0 Å². The minimum Gasteiger partial charge on any atom is -0.370 e. The lowest BCUT2D eigenvalue weighted by Gasteiger charge is -2.37. The van der Waals surface area contributed by atoms with Gasteiger partial charge in [-0.1, -0.05) is 38.4 Å². The van der Waals surface area contributed by atoms with Gasteiger partial charge in [-0.3, -0.25) is 0 Å². The predicted octanol–water partition coefficient (Wildman–Crippen LogP) is 4.88. The first-order chi connectivity index (χ1) is 10.0. The molecule has 0 radical (unpaired) electrons. The minimum atomic E-state index is 0.358. The van der Waals surface area contributed by atoms with Crippen LogP contribution in [-0.2, 0) is 0 Å². The summed E-state index contributed by atoms with van der Waals surface area (Å²) in [5.41, 5.74) is 2.47. The Hall–Kier alpha value is -0.730. The van der Waals surface area contributed by atoms with Crippen molar-refractivity contribution in [1.82, 2.24) is 5.32 Å². The van der Waals surface area contributed by atoms with Crippen LogP contribution in [0.5, 0.6) is 0 Å². The Bertz CT molecular complexity index is 461. The van der Waals surface area contributed by atoms with E-state index in [2.05, 4.69) is 56.1 Å². The molecule has 0 bridgehead atoms. The average molecular weight is 309 g/mol. The molecule has 21 heavy (non-hydrogen) atoms. The van der Waals surface area contributed by atoms with Gasteiger partial charge in [-0.05, 0) is 55.8 Å². The molecule has 0 amide bonds. The molecule has 1 saturated heterocycles. The van der Waals surface area contributed by atoms with Crippen molar-refractivity contribution in [3.05, 3.63) is 28.8 Å². The molecular weight excluding hydrogens is 280 g/mol. The van der Waals surface area contributed by atoms with Crippen LogP contribution < -0.4 is 10.2 Å². The van der Waals surface area contributed by atoms with Crippen molar-refractivity contribution in [2.45, 2.75) is 46.6 Å². The van der Waals surface area contributed by atoms with E-state index in [-0.39, 0.29) is 0 Å². The number of halogens is 1. The quantitative estimate of drug-likeness (QED) is 0.833. The van der Waals surface area contributed by atoms with Crippen LogP contribution in [0.15, 0.2) is 18.2 Å². The summed E-state index contributed by atoms with van der Waals surface area (Å²) < 4.78 is 0. The highest BCUT2D eigenvalue weighted by Crippen LogP contribution is 2.33. The molecule has 1 aromatic carbocycles. The molecule has 0 spiro atoms. The van der Waals surface area contributed by atoms with Crippen LogP contribution in [0.1, 0.15) is 52.1 Å². The third kappa shape index (κ3) is 4.14. The van der Waals surface area contributed by atoms with Crippen LogP contribution >= 0.6 is 11.6 Å². The Kier molecular flexibility index (Phi) is 5.95. The van der Waals surface area contributed by atoms with Gasteiger partial charge in [-0.15, -0.1) is 0 Å². The number of anilines is 1. The Labute approximate surface area is 134 Å². The van der Waals surface area contributed by atoms with Crippen LogP contribution in [0.25, 0.3) is 0 Å². The molecule has 3 unspecified atom stereocenters. The van der Waals surface area contributed by atoms with Gasteiger partial charge in [0.05, 0.1) is 10.7 Å². The summed E-state index contributed by atoms with van der Waals surface area (Å²) in [7, 11) is 0. The predicted molar refractivity (Wildman–Crippen MR) is 93.3 cm³/mol. The van der Waals surface area contributed by atoms with E-state index in [0.717, 1.165) is 42.9 Å². The monoisotopic (exact) mass is 308 g/mol. The highest BCUT2D eigenvalue weighted by Gasteiger charge is 2.24. The smallest absolute Gasteiger partial charge is 0.0642 e. The standard InChI is InChI=1S/C18H29ClN2/c1-5-9-20-15(4)16-6-7-18(17(19)11-16)21-10-8-13(2)14(3)12-21/h6-7,11,13-15,20H,5,8-10,12H2,1-4H3. The zero-order valence-electron chi connectivity index (χ0n) is 13.8. The number of nitrogens with zero attached hydrogens (tertiary/aromatic N) is 1. The molecule has 118 valence electrons. The van der Waals surface area contributed by atoms with Crippen LogP contribution in [0, 0.1) is 11.8 Å². The SMILES string of the molecule is CCCNC(C)c1ccc(N2CCC(C)C(C)C2)c(Cl)c1. The molecule has 0 saturated carbocycles.